The lowest BCUT2D eigenvalue weighted by molar-refractivity contribution is 0.415. The molecule has 2 heterocycles. The Morgan fingerprint density at radius 1 is 0.605 bits per heavy atom. The van der Waals surface area contributed by atoms with Crippen molar-refractivity contribution in [1.29, 1.82) is 0 Å². The maximum Gasteiger partial charge on any atom is 0.119 e. The number of nitrogens with zero attached hydrogens (tertiary/aromatic N) is 2. The summed E-state index contributed by atoms with van der Waals surface area (Å²) in [6.07, 6.45) is 4.13. The van der Waals surface area contributed by atoms with Crippen LogP contribution in [0.4, 0.5) is 22.7 Å². The van der Waals surface area contributed by atoms with E-state index < -0.39 is 0 Å². The first-order chi connectivity index (χ1) is 20.5. The van der Waals surface area contributed by atoms with Crippen molar-refractivity contribution in [3.8, 4) is 23.0 Å². The van der Waals surface area contributed by atoms with E-state index in [1.165, 1.54) is 28.2 Å². The lowest BCUT2D eigenvalue weighted by atomic mass is 9.91. The van der Waals surface area contributed by atoms with Gasteiger partial charge in [-0.2, -0.15) is 0 Å². The van der Waals surface area contributed by atoms with Crippen LogP contribution in [0.25, 0.3) is 0 Å². The van der Waals surface area contributed by atoms with Gasteiger partial charge >= 0.3 is 0 Å². The SMILES string of the molecule is COc1ccc(N2c3c(cc(O)c(C)c3C)CCC2C)cc1.Cc1c(O)cc2c(c1C)N(c1ccc(O)cc1)C(C)CC2. The van der Waals surface area contributed by atoms with Crippen LogP contribution in [0.15, 0.2) is 60.7 Å². The summed E-state index contributed by atoms with van der Waals surface area (Å²) in [5.41, 5.74) is 11.3. The molecule has 6 heteroatoms. The Labute approximate surface area is 255 Å². The second-order valence-corrected chi connectivity index (χ2v) is 12.0. The zero-order valence-electron chi connectivity index (χ0n) is 26.4. The molecule has 226 valence electrons. The number of methoxy groups -OCH3 is 1. The lowest BCUT2D eigenvalue weighted by Crippen LogP contribution is -2.34. The van der Waals surface area contributed by atoms with Crippen LogP contribution in [0.5, 0.6) is 23.0 Å². The lowest BCUT2D eigenvalue weighted by Gasteiger charge is -2.39. The number of ether oxygens (including phenoxy) is 1. The Hall–Kier alpha value is -4.32. The standard InChI is InChI=1S/C19H23NO2.C18H21NO2/c1-12-5-6-15-11-18(21)13(2)14(3)19(15)20(12)16-7-9-17(22-4)10-8-16;1-11-4-5-14-10-17(21)12(2)13(3)18(14)19(11)15-6-8-16(20)9-7-15/h7-12,21H,5-6H2,1-4H3;6-11,20-21H,4-5H2,1-3H3. The Morgan fingerprint density at radius 3 is 1.40 bits per heavy atom. The molecule has 0 bridgehead atoms. The third-order valence-corrected chi connectivity index (χ3v) is 9.34. The van der Waals surface area contributed by atoms with Crippen molar-refractivity contribution in [2.75, 3.05) is 16.9 Å². The largest absolute Gasteiger partial charge is 0.508 e. The van der Waals surface area contributed by atoms with Crippen molar-refractivity contribution >= 4 is 22.7 Å². The molecule has 0 radical (unpaired) electrons. The van der Waals surface area contributed by atoms with E-state index in [-0.39, 0.29) is 5.75 Å². The summed E-state index contributed by atoms with van der Waals surface area (Å²) in [5.74, 6) is 1.93. The normalized spacial score (nSPS) is 17.5. The number of phenols is 3. The van der Waals surface area contributed by atoms with Crippen LogP contribution in [0.2, 0.25) is 0 Å². The molecule has 0 spiro atoms. The van der Waals surface area contributed by atoms with E-state index in [0.29, 0.717) is 23.6 Å². The number of benzene rings is 4. The Kier molecular flexibility index (Phi) is 8.50. The van der Waals surface area contributed by atoms with E-state index in [0.717, 1.165) is 59.4 Å². The van der Waals surface area contributed by atoms with Crippen LogP contribution < -0.4 is 14.5 Å². The van der Waals surface area contributed by atoms with Gasteiger partial charge in [0, 0.05) is 34.8 Å². The molecule has 2 aliphatic heterocycles. The first kappa shape index (κ1) is 30.1. The third-order valence-electron chi connectivity index (χ3n) is 9.34. The summed E-state index contributed by atoms with van der Waals surface area (Å²) in [7, 11) is 1.68. The first-order valence-electron chi connectivity index (χ1n) is 15.2. The van der Waals surface area contributed by atoms with Gasteiger partial charge in [-0.05, 0) is 161 Å². The smallest absolute Gasteiger partial charge is 0.119 e. The van der Waals surface area contributed by atoms with E-state index in [4.69, 9.17) is 4.74 Å². The van der Waals surface area contributed by atoms with Crippen molar-refractivity contribution < 1.29 is 20.1 Å². The highest BCUT2D eigenvalue weighted by molar-refractivity contribution is 5.76. The van der Waals surface area contributed by atoms with Crippen molar-refractivity contribution in [1.82, 2.24) is 0 Å². The molecule has 0 fully saturated rings. The highest BCUT2D eigenvalue weighted by atomic mass is 16.5. The number of hydrogen-bond acceptors (Lipinski definition) is 6. The average molecular weight is 581 g/mol. The second-order valence-electron chi connectivity index (χ2n) is 12.0. The zero-order chi connectivity index (χ0) is 31.0. The Bertz CT molecular complexity index is 1610. The van der Waals surface area contributed by atoms with E-state index in [1.54, 1.807) is 19.2 Å². The molecule has 3 N–H and O–H groups in total. The highest BCUT2D eigenvalue weighted by Crippen LogP contribution is 2.44. The third kappa shape index (κ3) is 5.71. The van der Waals surface area contributed by atoms with E-state index in [1.807, 2.05) is 50.2 Å². The van der Waals surface area contributed by atoms with Crippen LogP contribution >= 0.6 is 0 Å². The number of anilines is 4. The fourth-order valence-corrected chi connectivity index (χ4v) is 6.51. The molecule has 0 amide bonds. The fourth-order valence-electron chi connectivity index (χ4n) is 6.51. The first-order valence-corrected chi connectivity index (χ1v) is 15.2. The minimum atomic E-state index is 0.280. The summed E-state index contributed by atoms with van der Waals surface area (Å²) in [4.78, 5) is 4.71. The van der Waals surface area contributed by atoms with Crippen LogP contribution in [0.1, 0.15) is 60.1 Å². The zero-order valence-corrected chi connectivity index (χ0v) is 26.4. The molecule has 4 aromatic carbocycles. The van der Waals surface area contributed by atoms with Gasteiger partial charge in [0.25, 0.3) is 0 Å². The van der Waals surface area contributed by atoms with Gasteiger partial charge in [-0.3, -0.25) is 0 Å². The predicted octanol–water partition coefficient (Wildman–Crippen LogP) is 8.68. The predicted molar refractivity (Wildman–Crippen MR) is 176 cm³/mol. The minimum Gasteiger partial charge on any atom is -0.508 e. The van der Waals surface area contributed by atoms with Gasteiger partial charge in [-0.25, -0.2) is 0 Å². The molecular formula is C37H44N2O4. The van der Waals surface area contributed by atoms with Gasteiger partial charge in [0.15, 0.2) is 0 Å². The average Bonchev–Trinajstić information content (AvgIpc) is 3.00. The molecule has 6 nitrogen and oxygen atoms in total. The molecule has 0 aliphatic carbocycles. The van der Waals surface area contributed by atoms with Gasteiger partial charge < -0.3 is 29.9 Å². The molecule has 2 unspecified atom stereocenters. The molecule has 0 aromatic heterocycles. The molecular weight excluding hydrogens is 536 g/mol. The maximum absolute atomic E-state index is 10.1. The summed E-state index contributed by atoms with van der Waals surface area (Å²) < 4.78 is 5.26. The van der Waals surface area contributed by atoms with E-state index >= 15 is 0 Å². The van der Waals surface area contributed by atoms with Gasteiger partial charge in [0.2, 0.25) is 0 Å². The molecule has 43 heavy (non-hydrogen) atoms. The molecule has 6 rings (SSSR count). The summed E-state index contributed by atoms with van der Waals surface area (Å²) >= 11 is 0. The number of phenolic OH excluding ortho intramolecular Hbond substituents is 3. The number of hydrogen-bond donors (Lipinski definition) is 3. The van der Waals surface area contributed by atoms with E-state index in [9.17, 15) is 15.3 Å². The fraction of sp³-hybridized carbons (Fsp3) is 0.351. The number of rotatable bonds is 3. The summed E-state index contributed by atoms with van der Waals surface area (Å²) in [6, 6.07) is 20.2. The molecule has 2 aliphatic rings. The number of aromatic hydroxyl groups is 3. The Balaban J connectivity index is 0.000000171. The van der Waals surface area contributed by atoms with Gasteiger partial charge in [-0.1, -0.05) is 0 Å². The second kappa shape index (κ2) is 12.1. The molecule has 0 saturated heterocycles. The van der Waals surface area contributed by atoms with Crippen LogP contribution in [0, 0.1) is 27.7 Å². The number of aryl methyl sites for hydroxylation is 2. The van der Waals surface area contributed by atoms with Crippen molar-refractivity contribution in [3.05, 3.63) is 94.0 Å². The van der Waals surface area contributed by atoms with Gasteiger partial charge in [0.1, 0.15) is 23.0 Å². The van der Waals surface area contributed by atoms with Crippen molar-refractivity contribution in [2.45, 2.75) is 79.3 Å². The monoisotopic (exact) mass is 580 g/mol. The van der Waals surface area contributed by atoms with Crippen molar-refractivity contribution in [2.24, 2.45) is 0 Å². The highest BCUT2D eigenvalue weighted by Gasteiger charge is 2.29. The molecule has 2 atom stereocenters. The quantitative estimate of drug-likeness (QED) is 0.225. The van der Waals surface area contributed by atoms with Gasteiger partial charge in [-0.15, -0.1) is 0 Å². The van der Waals surface area contributed by atoms with Crippen LogP contribution in [-0.4, -0.2) is 34.5 Å². The molecule has 0 saturated carbocycles. The Morgan fingerprint density at radius 2 is 1.00 bits per heavy atom. The number of fused-ring (bicyclic) bond motifs is 2. The summed E-state index contributed by atoms with van der Waals surface area (Å²) in [6.45, 7) is 12.6. The maximum atomic E-state index is 10.1. The van der Waals surface area contributed by atoms with Crippen LogP contribution in [0.3, 0.4) is 0 Å². The summed E-state index contributed by atoms with van der Waals surface area (Å²) in [5, 5.41) is 29.7. The van der Waals surface area contributed by atoms with Crippen molar-refractivity contribution in [3.63, 3.8) is 0 Å². The molecule has 4 aromatic rings. The van der Waals surface area contributed by atoms with E-state index in [2.05, 4.69) is 49.6 Å². The van der Waals surface area contributed by atoms with Gasteiger partial charge in [0.05, 0.1) is 7.11 Å². The van der Waals surface area contributed by atoms with Crippen LogP contribution in [-0.2, 0) is 12.8 Å². The minimum absolute atomic E-state index is 0.280. The topological polar surface area (TPSA) is 76.4 Å².